The van der Waals surface area contributed by atoms with Gasteiger partial charge in [0.05, 0.1) is 5.69 Å². The normalized spacial score (nSPS) is 19.8. The number of anilines is 1. The molecule has 1 aromatic carbocycles. The topological polar surface area (TPSA) is 83.7 Å². The van der Waals surface area contributed by atoms with E-state index in [1.54, 1.807) is 27.0 Å². The van der Waals surface area contributed by atoms with Crippen LogP contribution >= 0.6 is 15.9 Å². The molecule has 6 nitrogen and oxygen atoms in total. The third-order valence-electron chi connectivity index (χ3n) is 3.68. The number of amides is 1. The summed E-state index contributed by atoms with van der Waals surface area (Å²) >= 11 is 3.25. The van der Waals surface area contributed by atoms with E-state index in [1.165, 1.54) is 21.3 Å². The van der Waals surface area contributed by atoms with Crippen LogP contribution in [-0.2, 0) is 14.8 Å². The number of hydrogen-bond acceptors (Lipinski definition) is 4. The Bertz CT molecular complexity index is 688. The lowest BCUT2D eigenvalue weighted by atomic mass is 10.0. The zero-order valence-corrected chi connectivity index (χ0v) is 14.5. The standard InChI is InChI=1S/C13H18BrN3O3S/c1-13(2)12(18)16(3)6-7-17(13)21(19,20)11-8-9(14)4-5-10(11)15/h4-5,8H,6-7,15H2,1-3H3. The highest BCUT2D eigenvalue weighted by Gasteiger charge is 2.47. The Hall–Kier alpha value is -1.12. The molecule has 0 aliphatic carbocycles. The van der Waals surface area contributed by atoms with Crippen LogP contribution in [0.2, 0.25) is 0 Å². The number of sulfonamides is 1. The van der Waals surface area contributed by atoms with E-state index >= 15 is 0 Å². The average Bonchev–Trinajstić information content (AvgIpc) is 2.38. The predicted octanol–water partition coefficient (Wildman–Crippen LogP) is 1.27. The Kier molecular flexibility index (Phi) is 4.07. The van der Waals surface area contributed by atoms with Crippen LogP contribution < -0.4 is 5.73 Å². The highest BCUT2D eigenvalue weighted by Crippen LogP contribution is 2.32. The molecule has 1 saturated heterocycles. The second-order valence-electron chi connectivity index (χ2n) is 5.55. The molecule has 1 heterocycles. The summed E-state index contributed by atoms with van der Waals surface area (Å²) in [6.07, 6.45) is 0. The lowest BCUT2D eigenvalue weighted by Gasteiger charge is -2.43. The number of benzene rings is 1. The zero-order chi connectivity index (χ0) is 16.0. The van der Waals surface area contributed by atoms with Gasteiger partial charge in [0.25, 0.3) is 0 Å². The molecule has 0 unspecified atom stereocenters. The Morgan fingerprint density at radius 2 is 1.90 bits per heavy atom. The summed E-state index contributed by atoms with van der Waals surface area (Å²) in [7, 11) is -2.18. The van der Waals surface area contributed by atoms with E-state index < -0.39 is 15.6 Å². The number of piperazine rings is 1. The maximum Gasteiger partial charge on any atom is 0.246 e. The molecule has 116 valence electrons. The molecule has 0 bridgehead atoms. The van der Waals surface area contributed by atoms with Crippen LogP contribution in [-0.4, -0.2) is 49.2 Å². The highest BCUT2D eigenvalue weighted by molar-refractivity contribution is 9.10. The molecule has 0 spiro atoms. The molecule has 8 heteroatoms. The summed E-state index contributed by atoms with van der Waals surface area (Å²) in [5.41, 5.74) is 4.84. The first kappa shape index (κ1) is 16.3. The second-order valence-corrected chi connectivity index (χ2v) is 8.29. The van der Waals surface area contributed by atoms with Gasteiger partial charge < -0.3 is 10.6 Å². The van der Waals surface area contributed by atoms with Crippen molar-refractivity contribution in [1.29, 1.82) is 0 Å². The number of halogens is 1. The number of likely N-dealkylation sites (N-methyl/N-ethyl adjacent to an activating group) is 1. The molecule has 1 fully saturated rings. The summed E-state index contributed by atoms with van der Waals surface area (Å²) in [6.45, 7) is 3.81. The largest absolute Gasteiger partial charge is 0.398 e. The van der Waals surface area contributed by atoms with Gasteiger partial charge in [-0.05, 0) is 32.0 Å². The van der Waals surface area contributed by atoms with E-state index in [0.717, 1.165) is 0 Å². The van der Waals surface area contributed by atoms with Crippen LogP contribution in [0.5, 0.6) is 0 Å². The lowest BCUT2D eigenvalue weighted by molar-refractivity contribution is -0.142. The predicted molar refractivity (Wildman–Crippen MR) is 84.2 cm³/mol. The van der Waals surface area contributed by atoms with Gasteiger partial charge >= 0.3 is 0 Å². The van der Waals surface area contributed by atoms with Crippen molar-refractivity contribution < 1.29 is 13.2 Å². The maximum absolute atomic E-state index is 12.9. The molecule has 1 aliphatic rings. The van der Waals surface area contributed by atoms with E-state index in [4.69, 9.17) is 5.73 Å². The van der Waals surface area contributed by atoms with Crippen molar-refractivity contribution >= 4 is 37.5 Å². The van der Waals surface area contributed by atoms with Crippen molar-refractivity contribution in [2.45, 2.75) is 24.3 Å². The Morgan fingerprint density at radius 1 is 1.29 bits per heavy atom. The number of rotatable bonds is 2. The van der Waals surface area contributed by atoms with Crippen LogP contribution in [0, 0.1) is 0 Å². The molecule has 0 saturated carbocycles. The first-order chi connectivity index (χ1) is 9.58. The Labute approximate surface area is 133 Å². The number of nitrogen functional groups attached to an aromatic ring is 1. The van der Waals surface area contributed by atoms with E-state index in [0.29, 0.717) is 11.0 Å². The number of carbonyl (C=O) groups is 1. The fraction of sp³-hybridized carbons (Fsp3) is 0.462. The van der Waals surface area contributed by atoms with E-state index in [1.807, 2.05) is 0 Å². The van der Waals surface area contributed by atoms with Gasteiger partial charge in [-0.3, -0.25) is 4.79 Å². The van der Waals surface area contributed by atoms with Crippen LogP contribution in [0.15, 0.2) is 27.6 Å². The fourth-order valence-corrected chi connectivity index (χ4v) is 4.86. The quantitative estimate of drug-likeness (QED) is 0.788. The summed E-state index contributed by atoms with van der Waals surface area (Å²) in [5, 5.41) is 0. The smallest absolute Gasteiger partial charge is 0.246 e. The van der Waals surface area contributed by atoms with Gasteiger partial charge in [0.2, 0.25) is 15.9 Å². The molecule has 1 aliphatic heterocycles. The SMILES string of the molecule is CN1CCN(S(=O)(=O)c2cc(Br)ccc2N)C(C)(C)C1=O. The van der Waals surface area contributed by atoms with Crippen molar-refractivity contribution in [3.05, 3.63) is 22.7 Å². The van der Waals surface area contributed by atoms with Gasteiger partial charge in [-0.15, -0.1) is 0 Å². The van der Waals surface area contributed by atoms with Gasteiger partial charge in [-0.1, -0.05) is 15.9 Å². The van der Waals surface area contributed by atoms with Gasteiger partial charge in [0, 0.05) is 24.6 Å². The molecule has 2 N–H and O–H groups in total. The van der Waals surface area contributed by atoms with Gasteiger partial charge in [0.1, 0.15) is 10.4 Å². The number of nitrogens with two attached hydrogens (primary N) is 1. The molecule has 1 aromatic rings. The summed E-state index contributed by atoms with van der Waals surface area (Å²) in [6, 6.07) is 4.67. The van der Waals surface area contributed by atoms with Crippen molar-refractivity contribution in [2.75, 3.05) is 25.9 Å². The van der Waals surface area contributed by atoms with E-state index in [2.05, 4.69) is 15.9 Å². The number of hydrogen-bond donors (Lipinski definition) is 1. The minimum absolute atomic E-state index is 0.0160. The molecule has 21 heavy (non-hydrogen) atoms. The minimum Gasteiger partial charge on any atom is -0.398 e. The van der Waals surface area contributed by atoms with Gasteiger partial charge in [-0.25, -0.2) is 8.42 Å². The van der Waals surface area contributed by atoms with Crippen molar-refractivity contribution in [1.82, 2.24) is 9.21 Å². The van der Waals surface area contributed by atoms with Crippen molar-refractivity contribution in [2.24, 2.45) is 0 Å². The second kappa shape index (κ2) is 5.26. The van der Waals surface area contributed by atoms with Crippen LogP contribution in [0.1, 0.15) is 13.8 Å². The molecule has 0 atom stereocenters. The van der Waals surface area contributed by atoms with E-state index in [9.17, 15) is 13.2 Å². The third kappa shape index (κ3) is 2.67. The number of carbonyl (C=O) groups excluding carboxylic acids is 1. The fourth-order valence-electron chi connectivity index (χ4n) is 2.47. The van der Waals surface area contributed by atoms with Crippen molar-refractivity contribution in [3.8, 4) is 0 Å². The summed E-state index contributed by atoms with van der Waals surface area (Å²) in [5.74, 6) is -0.231. The summed E-state index contributed by atoms with van der Waals surface area (Å²) in [4.78, 5) is 13.8. The molecule has 0 aromatic heterocycles. The van der Waals surface area contributed by atoms with Crippen LogP contribution in [0.25, 0.3) is 0 Å². The highest BCUT2D eigenvalue weighted by atomic mass is 79.9. The lowest BCUT2D eigenvalue weighted by Crippen LogP contribution is -2.63. The van der Waals surface area contributed by atoms with E-state index in [-0.39, 0.29) is 23.0 Å². The molecular formula is C13H18BrN3O3S. The molecule has 2 rings (SSSR count). The molecule has 0 radical (unpaired) electrons. The monoisotopic (exact) mass is 375 g/mol. The first-order valence-electron chi connectivity index (χ1n) is 6.42. The number of nitrogens with zero attached hydrogens (tertiary/aromatic N) is 2. The molecular weight excluding hydrogens is 358 g/mol. The Morgan fingerprint density at radius 3 is 2.52 bits per heavy atom. The van der Waals surface area contributed by atoms with Crippen LogP contribution in [0.3, 0.4) is 0 Å². The van der Waals surface area contributed by atoms with Gasteiger partial charge in [-0.2, -0.15) is 4.31 Å². The zero-order valence-electron chi connectivity index (χ0n) is 12.1. The maximum atomic E-state index is 12.9. The summed E-state index contributed by atoms with van der Waals surface area (Å²) < 4.78 is 27.6. The molecule has 1 amide bonds. The third-order valence-corrected chi connectivity index (χ3v) is 6.30. The van der Waals surface area contributed by atoms with Crippen LogP contribution in [0.4, 0.5) is 5.69 Å². The first-order valence-corrected chi connectivity index (χ1v) is 8.65. The van der Waals surface area contributed by atoms with Gasteiger partial charge in [0.15, 0.2) is 0 Å². The Balaban J connectivity index is 2.54. The average molecular weight is 376 g/mol. The minimum atomic E-state index is -3.85. The van der Waals surface area contributed by atoms with Crippen molar-refractivity contribution in [3.63, 3.8) is 0 Å².